The van der Waals surface area contributed by atoms with Crippen molar-refractivity contribution < 1.29 is 35.5 Å². The van der Waals surface area contributed by atoms with Crippen molar-refractivity contribution in [3.8, 4) is 0 Å². The highest BCUT2D eigenvalue weighted by Crippen LogP contribution is 2.50. The molecule has 1 unspecified atom stereocenters. The van der Waals surface area contributed by atoms with Crippen molar-refractivity contribution in [2.24, 2.45) is 4.99 Å². The molecule has 0 bridgehead atoms. The summed E-state index contributed by atoms with van der Waals surface area (Å²) in [6, 6.07) is 0. The van der Waals surface area contributed by atoms with Gasteiger partial charge in [0.2, 0.25) is 6.08 Å². The number of hydrogen-bond donors (Lipinski definition) is 0. The summed E-state index contributed by atoms with van der Waals surface area (Å²) in [5, 5.41) is 0. The van der Waals surface area contributed by atoms with E-state index in [1.807, 2.05) is 0 Å². The van der Waals surface area contributed by atoms with Crippen molar-refractivity contribution in [2.75, 3.05) is 0 Å². The Hall–Kier alpha value is -0.820. The second-order valence-electron chi connectivity index (χ2n) is 2.25. The van der Waals surface area contributed by atoms with Gasteiger partial charge in [-0.25, -0.2) is 13.6 Å². The molecule has 0 aromatic carbocycles. The maximum Gasteiger partial charge on any atom is 0.434 e. The average molecular weight is 260 g/mol. The van der Waals surface area contributed by atoms with Crippen molar-refractivity contribution in [2.45, 2.75) is 23.5 Å². The standard InChI is InChI=1S/C5HClF7NO/c6-4(14-1-15,5(11,12)13)3(9,10)2(7)8/h2H. The van der Waals surface area contributed by atoms with Crippen molar-refractivity contribution in [3.63, 3.8) is 0 Å². The van der Waals surface area contributed by atoms with E-state index in [0.717, 1.165) is 0 Å². The molecule has 0 radical (unpaired) electrons. The lowest BCUT2D eigenvalue weighted by Crippen LogP contribution is -2.56. The number of hydrogen-bond acceptors (Lipinski definition) is 2. The lowest BCUT2D eigenvalue weighted by molar-refractivity contribution is -0.254. The highest BCUT2D eigenvalue weighted by atomic mass is 35.5. The fourth-order valence-corrected chi connectivity index (χ4v) is 0.651. The smallest absolute Gasteiger partial charge is 0.211 e. The van der Waals surface area contributed by atoms with E-state index in [9.17, 15) is 35.5 Å². The maximum atomic E-state index is 12.4. The van der Waals surface area contributed by atoms with Gasteiger partial charge in [-0.1, -0.05) is 11.6 Å². The quantitative estimate of drug-likeness (QED) is 0.252. The zero-order chi connectivity index (χ0) is 12.5. The Balaban J connectivity index is 5.60. The van der Waals surface area contributed by atoms with E-state index >= 15 is 0 Å². The maximum absolute atomic E-state index is 12.4. The van der Waals surface area contributed by atoms with Gasteiger partial charge in [0, 0.05) is 0 Å². The molecule has 1 atom stereocenters. The van der Waals surface area contributed by atoms with Gasteiger partial charge in [-0.15, -0.1) is 0 Å². The molecule has 0 saturated carbocycles. The third-order valence-corrected chi connectivity index (χ3v) is 1.84. The number of aliphatic imine (C=N–C) groups is 1. The topological polar surface area (TPSA) is 29.4 Å². The van der Waals surface area contributed by atoms with Crippen LogP contribution in [0.4, 0.5) is 30.7 Å². The van der Waals surface area contributed by atoms with Crippen molar-refractivity contribution in [1.29, 1.82) is 0 Å². The summed E-state index contributed by atoms with van der Waals surface area (Å²) in [6.45, 7) is 0. The van der Waals surface area contributed by atoms with Gasteiger partial charge in [0.1, 0.15) is 0 Å². The SMILES string of the molecule is O=C=NC(Cl)(C(F)(F)F)C(F)(F)C(F)F. The molecule has 0 aromatic rings. The van der Waals surface area contributed by atoms with Crippen molar-refractivity contribution in [3.05, 3.63) is 0 Å². The summed E-state index contributed by atoms with van der Waals surface area (Å²) in [6.07, 6.45) is -10.7. The molecule has 0 aliphatic rings. The molecule has 0 saturated heterocycles. The van der Waals surface area contributed by atoms with Crippen LogP contribution < -0.4 is 0 Å². The molecule has 15 heavy (non-hydrogen) atoms. The van der Waals surface area contributed by atoms with E-state index in [2.05, 4.69) is 11.6 Å². The summed E-state index contributed by atoms with van der Waals surface area (Å²) in [7, 11) is 0. The van der Waals surface area contributed by atoms with Crippen LogP contribution in [0.3, 0.4) is 0 Å². The summed E-state index contributed by atoms with van der Waals surface area (Å²) in [5.74, 6) is -5.73. The molecule has 0 heterocycles. The Morgan fingerprint density at radius 1 is 1.13 bits per heavy atom. The molecule has 0 aromatic heterocycles. The normalized spacial score (nSPS) is 17.1. The average Bonchev–Trinajstić information content (AvgIpc) is 2.01. The predicted molar refractivity (Wildman–Crippen MR) is 33.7 cm³/mol. The number of isocyanates is 1. The molecule has 0 amide bonds. The number of alkyl halides is 8. The Bertz CT molecular complexity index is 284. The van der Waals surface area contributed by atoms with Crippen LogP contribution in [0.25, 0.3) is 0 Å². The van der Waals surface area contributed by atoms with Gasteiger partial charge >= 0.3 is 23.5 Å². The largest absolute Gasteiger partial charge is 0.434 e. The van der Waals surface area contributed by atoms with E-state index in [-0.39, 0.29) is 6.08 Å². The first kappa shape index (κ1) is 14.2. The predicted octanol–water partition coefficient (Wildman–Crippen LogP) is 2.72. The molecule has 0 spiro atoms. The van der Waals surface area contributed by atoms with Crippen molar-refractivity contribution in [1.82, 2.24) is 0 Å². The van der Waals surface area contributed by atoms with Crippen molar-refractivity contribution >= 4 is 17.7 Å². The summed E-state index contributed by atoms with van der Waals surface area (Å²) in [5.41, 5.74) is 0. The van der Waals surface area contributed by atoms with Gasteiger partial charge in [-0.05, 0) is 0 Å². The van der Waals surface area contributed by atoms with Crippen LogP contribution >= 0.6 is 11.6 Å². The molecular formula is C5HClF7NO. The van der Waals surface area contributed by atoms with E-state index < -0.39 is 23.5 Å². The van der Waals surface area contributed by atoms with Crippen LogP contribution in [-0.2, 0) is 4.79 Å². The lowest BCUT2D eigenvalue weighted by atomic mass is 10.1. The molecule has 2 nitrogen and oxygen atoms in total. The minimum atomic E-state index is -6.02. The molecule has 88 valence electrons. The molecule has 0 aliphatic carbocycles. The molecule has 0 fully saturated rings. The van der Waals surface area contributed by atoms with Gasteiger partial charge in [0.25, 0.3) is 0 Å². The summed E-state index contributed by atoms with van der Waals surface area (Å²) < 4.78 is 83.9. The van der Waals surface area contributed by atoms with E-state index in [1.165, 1.54) is 4.99 Å². The molecule has 0 aliphatic heterocycles. The molecule has 0 rings (SSSR count). The third-order valence-electron chi connectivity index (χ3n) is 1.29. The second kappa shape index (κ2) is 3.97. The lowest BCUT2D eigenvalue weighted by Gasteiger charge is -2.30. The first-order chi connectivity index (χ1) is 6.50. The third kappa shape index (κ3) is 2.23. The Morgan fingerprint density at radius 2 is 1.53 bits per heavy atom. The molecular weight excluding hydrogens is 258 g/mol. The van der Waals surface area contributed by atoms with Gasteiger partial charge in [-0.2, -0.15) is 26.9 Å². The summed E-state index contributed by atoms with van der Waals surface area (Å²) in [4.78, 5) is 6.00. The van der Waals surface area contributed by atoms with Crippen LogP contribution in [0.5, 0.6) is 0 Å². The van der Waals surface area contributed by atoms with Gasteiger partial charge in [-0.3, -0.25) is 0 Å². The van der Waals surface area contributed by atoms with E-state index in [1.54, 1.807) is 0 Å². The molecule has 10 heteroatoms. The zero-order valence-electron chi connectivity index (χ0n) is 6.46. The molecule has 0 N–H and O–H groups in total. The number of halogens is 8. The fourth-order valence-electron chi connectivity index (χ4n) is 0.534. The van der Waals surface area contributed by atoms with Crippen LogP contribution in [0, 0.1) is 0 Å². The fraction of sp³-hybridized carbons (Fsp3) is 0.800. The van der Waals surface area contributed by atoms with Crippen LogP contribution in [-0.4, -0.2) is 29.6 Å². The van der Waals surface area contributed by atoms with Crippen LogP contribution in [0.15, 0.2) is 4.99 Å². The number of carbonyl (C=O) groups excluding carboxylic acids is 1. The first-order valence-electron chi connectivity index (χ1n) is 3.01. The Labute approximate surface area is 82.7 Å². The first-order valence-corrected chi connectivity index (χ1v) is 3.39. The summed E-state index contributed by atoms with van der Waals surface area (Å²) >= 11 is 4.22. The number of rotatable bonds is 3. The second-order valence-corrected chi connectivity index (χ2v) is 2.79. The van der Waals surface area contributed by atoms with E-state index in [0.29, 0.717) is 0 Å². The van der Waals surface area contributed by atoms with Gasteiger partial charge in [0.05, 0.1) is 0 Å². The Morgan fingerprint density at radius 3 is 1.73 bits per heavy atom. The highest BCUT2D eigenvalue weighted by Gasteiger charge is 2.74. The monoisotopic (exact) mass is 259 g/mol. The minimum Gasteiger partial charge on any atom is -0.211 e. The van der Waals surface area contributed by atoms with Gasteiger partial charge < -0.3 is 0 Å². The minimum absolute atomic E-state index is 0.0856. The van der Waals surface area contributed by atoms with E-state index in [4.69, 9.17) is 0 Å². The zero-order valence-corrected chi connectivity index (χ0v) is 7.21. The Kier molecular flexibility index (Phi) is 3.76. The van der Waals surface area contributed by atoms with Crippen LogP contribution in [0.1, 0.15) is 0 Å². The van der Waals surface area contributed by atoms with Crippen LogP contribution in [0.2, 0.25) is 0 Å². The van der Waals surface area contributed by atoms with Gasteiger partial charge in [0.15, 0.2) is 0 Å². The number of nitrogens with zero attached hydrogens (tertiary/aromatic N) is 1. The highest BCUT2D eigenvalue weighted by molar-refractivity contribution is 6.25.